The van der Waals surface area contributed by atoms with Crippen LogP contribution in [0, 0.1) is 11.6 Å². The molecule has 1 rings (SSSR count). The van der Waals surface area contributed by atoms with Crippen molar-refractivity contribution in [3.8, 4) is 5.75 Å². The molecule has 0 amide bonds. The number of guanidine groups is 1. The molecule has 23 heavy (non-hydrogen) atoms. The van der Waals surface area contributed by atoms with E-state index in [9.17, 15) is 8.78 Å². The second kappa shape index (κ2) is 13.6. The van der Waals surface area contributed by atoms with Crippen LogP contribution in [-0.4, -0.2) is 44.7 Å². The van der Waals surface area contributed by atoms with Crippen molar-refractivity contribution in [1.82, 2.24) is 10.6 Å². The van der Waals surface area contributed by atoms with Crippen LogP contribution in [-0.2, 0) is 0 Å². The fraction of sp³-hybridized carbons (Fsp3) is 0.533. The molecule has 0 bridgehead atoms. The van der Waals surface area contributed by atoms with E-state index in [2.05, 4.69) is 21.9 Å². The lowest BCUT2D eigenvalue weighted by molar-refractivity contribution is 0.304. The number of hydrogen-bond acceptors (Lipinski definition) is 3. The van der Waals surface area contributed by atoms with Crippen molar-refractivity contribution < 1.29 is 13.5 Å². The van der Waals surface area contributed by atoms with Gasteiger partial charge in [-0.15, -0.1) is 24.0 Å². The molecule has 0 aliphatic rings. The minimum Gasteiger partial charge on any atom is -0.489 e. The highest BCUT2D eigenvalue weighted by atomic mass is 127. The number of benzene rings is 1. The van der Waals surface area contributed by atoms with E-state index in [0.717, 1.165) is 31.2 Å². The second-order valence-electron chi connectivity index (χ2n) is 4.55. The first-order valence-corrected chi connectivity index (χ1v) is 8.58. The number of thioether (sulfide) groups is 1. The second-order valence-corrected chi connectivity index (χ2v) is 5.53. The first-order valence-electron chi connectivity index (χ1n) is 7.18. The highest BCUT2D eigenvalue weighted by Crippen LogP contribution is 2.17. The van der Waals surface area contributed by atoms with Gasteiger partial charge in [-0.3, -0.25) is 4.99 Å². The first kappa shape index (κ1) is 22.2. The summed E-state index contributed by atoms with van der Waals surface area (Å²) >= 11 is 1.84. The summed E-state index contributed by atoms with van der Waals surface area (Å²) in [6.45, 7) is 1.59. The Morgan fingerprint density at radius 3 is 2.61 bits per heavy atom. The highest BCUT2D eigenvalue weighted by molar-refractivity contribution is 14.0. The number of aliphatic imine (C=N–C) groups is 1. The molecule has 0 aliphatic heterocycles. The maximum atomic E-state index is 13.3. The predicted octanol–water partition coefficient (Wildman–Crippen LogP) is 3.27. The molecule has 0 fully saturated rings. The predicted molar refractivity (Wildman–Crippen MR) is 104 cm³/mol. The van der Waals surface area contributed by atoms with E-state index < -0.39 is 11.6 Å². The Balaban J connectivity index is 0.00000484. The van der Waals surface area contributed by atoms with E-state index >= 15 is 0 Å². The van der Waals surface area contributed by atoms with Crippen molar-refractivity contribution in [3.05, 3.63) is 29.8 Å². The van der Waals surface area contributed by atoms with E-state index in [-0.39, 0.29) is 36.3 Å². The van der Waals surface area contributed by atoms with Gasteiger partial charge in [0.2, 0.25) is 0 Å². The Kier molecular flexibility index (Phi) is 13.2. The number of hydrogen-bond donors (Lipinski definition) is 2. The zero-order valence-electron chi connectivity index (χ0n) is 13.4. The van der Waals surface area contributed by atoms with Crippen LogP contribution in [0.4, 0.5) is 8.78 Å². The van der Waals surface area contributed by atoms with Crippen LogP contribution in [0.2, 0.25) is 0 Å². The third kappa shape index (κ3) is 9.85. The van der Waals surface area contributed by atoms with Crippen LogP contribution in [0.5, 0.6) is 5.75 Å². The average Bonchev–Trinajstić information content (AvgIpc) is 2.51. The number of halogens is 3. The molecule has 8 heteroatoms. The van der Waals surface area contributed by atoms with E-state index in [1.54, 1.807) is 7.05 Å². The molecule has 0 saturated carbocycles. The zero-order chi connectivity index (χ0) is 16.2. The Labute approximate surface area is 157 Å². The summed E-state index contributed by atoms with van der Waals surface area (Å²) in [7, 11) is 1.69. The first-order chi connectivity index (χ1) is 10.7. The Morgan fingerprint density at radius 2 is 1.96 bits per heavy atom. The Bertz CT molecular complexity index is 478. The largest absolute Gasteiger partial charge is 0.489 e. The van der Waals surface area contributed by atoms with Gasteiger partial charge in [0, 0.05) is 19.7 Å². The van der Waals surface area contributed by atoms with Crippen molar-refractivity contribution in [2.24, 2.45) is 4.99 Å². The smallest absolute Gasteiger partial charge is 0.191 e. The third-order valence-corrected chi connectivity index (χ3v) is 3.53. The summed E-state index contributed by atoms with van der Waals surface area (Å²) in [5, 5.41) is 6.27. The SMILES string of the molecule is CN=C(NCCCCSC)NCCOc1ccc(F)cc1F.I. The van der Waals surface area contributed by atoms with Gasteiger partial charge in [-0.2, -0.15) is 11.8 Å². The van der Waals surface area contributed by atoms with Gasteiger partial charge in [0.15, 0.2) is 17.5 Å². The molecule has 132 valence electrons. The molecule has 0 atom stereocenters. The summed E-state index contributed by atoms with van der Waals surface area (Å²) in [6, 6.07) is 3.25. The molecule has 0 saturated heterocycles. The van der Waals surface area contributed by atoms with E-state index in [0.29, 0.717) is 12.5 Å². The van der Waals surface area contributed by atoms with E-state index in [4.69, 9.17) is 4.74 Å². The van der Waals surface area contributed by atoms with Crippen LogP contribution in [0.25, 0.3) is 0 Å². The van der Waals surface area contributed by atoms with Crippen LogP contribution < -0.4 is 15.4 Å². The van der Waals surface area contributed by atoms with Gasteiger partial charge in [-0.25, -0.2) is 8.78 Å². The molecular formula is C15H24F2IN3OS. The average molecular weight is 459 g/mol. The molecule has 0 unspecified atom stereocenters. The number of rotatable bonds is 9. The van der Waals surface area contributed by atoms with Gasteiger partial charge in [-0.05, 0) is 37.0 Å². The van der Waals surface area contributed by atoms with Crippen molar-refractivity contribution in [2.75, 3.05) is 38.8 Å². The fourth-order valence-electron chi connectivity index (χ4n) is 1.72. The summed E-state index contributed by atoms with van der Waals surface area (Å²) in [5.41, 5.74) is 0. The topological polar surface area (TPSA) is 45.7 Å². The minimum atomic E-state index is -0.698. The van der Waals surface area contributed by atoms with Gasteiger partial charge in [0.1, 0.15) is 12.4 Å². The molecule has 0 spiro atoms. The summed E-state index contributed by atoms with van der Waals surface area (Å²) in [6.07, 6.45) is 4.34. The van der Waals surface area contributed by atoms with Gasteiger partial charge >= 0.3 is 0 Å². The monoisotopic (exact) mass is 459 g/mol. The van der Waals surface area contributed by atoms with Gasteiger partial charge in [0.05, 0.1) is 6.54 Å². The van der Waals surface area contributed by atoms with Gasteiger partial charge < -0.3 is 15.4 Å². The highest BCUT2D eigenvalue weighted by Gasteiger charge is 2.04. The summed E-state index contributed by atoms with van der Waals surface area (Å²) in [5.74, 6) is 0.575. The van der Waals surface area contributed by atoms with Crippen molar-refractivity contribution >= 4 is 41.7 Å². The molecule has 2 N–H and O–H groups in total. The molecule has 0 radical (unpaired) electrons. The van der Waals surface area contributed by atoms with E-state index in [1.807, 2.05) is 11.8 Å². The van der Waals surface area contributed by atoms with Crippen molar-refractivity contribution in [2.45, 2.75) is 12.8 Å². The molecule has 1 aromatic carbocycles. The fourth-order valence-corrected chi connectivity index (χ4v) is 2.21. The molecular weight excluding hydrogens is 435 g/mol. The number of nitrogens with one attached hydrogen (secondary N) is 2. The van der Waals surface area contributed by atoms with E-state index in [1.165, 1.54) is 12.1 Å². The maximum absolute atomic E-state index is 13.3. The lowest BCUT2D eigenvalue weighted by Gasteiger charge is -2.12. The summed E-state index contributed by atoms with van der Waals surface area (Å²) < 4.78 is 31.4. The molecule has 0 heterocycles. The maximum Gasteiger partial charge on any atom is 0.191 e. The number of nitrogens with zero attached hydrogens (tertiary/aromatic N) is 1. The molecule has 0 aliphatic carbocycles. The van der Waals surface area contributed by atoms with Gasteiger partial charge in [-0.1, -0.05) is 0 Å². The Hall–Kier alpha value is -0.770. The van der Waals surface area contributed by atoms with Crippen LogP contribution >= 0.6 is 35.7 Å². The standard InChI is InChI=1S/C15H23F2N3OS.HI/c1-18-15(19-7-3-4-10-22-2)20-8-9-21-14-6-5-12(16)11-13(14)17;/h5-6,11H,3-4,7-10H2,1-2H3,(H2,18,19,20);1H. The van der Waals surface area contributed by atoms with Crippen LogP contribution in [0.1, 0.15) is 12.8 Å². The van der Waals surface area contributed by atoms with Crippen molar-refractivity contribution in [3.63, 3.8) is 0 Å². The normalized spacial score (nSPS) is 10.9. The van der Waals surface area contributed by atoms with Crippen LogP contribution in [0.3, 0.4) is 0 Å². The molecule has 1 aromatic rings. The third-order valence-electron chi connectivity index (χ3n) is 2.84. The lowest BCUT2D eigenvalue weighted by Crippen LogP contribution is -2.39. The lowest BCUT2D eigenvalue weighted by atomic mass is 10.3. The number of ether oxygens (including phenoxy) is 1. The summed E-state index contributed by atoms with van der Waals surface area (Å²) in [4.78, 5) is 4.09. The quantitative estimate of drug-likeness (QED) is 0.258. The molecule has 4 nitrogen and oxygen atoms in total. The van der Waals surface area contributed by atoms with Gasteiger partial charge in [0.25, 0.3) is 0 Å². The van der Waals surface area contributed by atoms with Crippen molar-refractivity contribution in [1.29, 1.82) is 0 Å². The Morgan fingerprint density at radius 1 is 1.22 bits per heavy atom. The minimum absolute atomic E-state index is 0. The number of unbranched alkanes of at least 4 members (excludes halogenated alkanes) is 1. The molecule has 0 aromatic heterocycles. The van der Waals surface area contributed by atoms with Crippen LogP contribution in [0.15, 0.2) is 23.2 Å². The zero-order valence-corrected chi connectivity index (χ0v) is 16.5.